The highest BCUT2D eigenvalue weighted by Gasteiger charge is 2.26. The number of methoxy groups -OCH3 is 2. The number of carbonyl (C=O) groups excluding carboxylic acids is 2. The minimum Gasteiger partial charge on any atom is -0.493 e. The normalized spacial score (nSPS) is 11.5. The van der Waals surface area contributed by atoms with Crippen molar-refractivity contribution in [2.45, 2.75) is 32.5 Å². The molecule has 0 bridgehead atoms. The average Bonchev–Trinajstić information content (AvgIpc) is 2.87. The van der Waals surface area contributed by atoms with Gasteiger partial charge in [0.05, 0.1) is 20.6 Å². The molecular weight excluding hydrogens is 487 g/mol. The van der Waals surface area contributed by atoms with Crippen molar-refractivity contribution in [1.82, 2.24) is 10.2 Å². The summed E-state index contributed by atoms with van der Waals surface area (Å²) in [7, 11) is 3.10. The first-order valence-corrected chi connectivity index (χ1v) is 11.8. The van der Waals surface area contributed by atoms with Crippen LogP contribution in [0.2, 0.25) is 10.0 Å². The van der Waals surface area contributed by atoms with Gasteiger partial charge in [-0.25, -0.2) is 0 Å². The van der Waals surface area contributed by atoms with E-state index in [2.05, 4.69) is 5.32 Å². The van der Waals surface area contributed by atoms with E-state index in [1.165, 1.54) is 0 Å². The Kier molecular flexibility index (Phi) is 9.40. The molecule has 0 aromatic heterocycles. The highest BCUT2D eigenvalue weighted by molar-refractivity contribution is 6.31. The molecule has 0 saturated carbocycles. The van der Waals surface area contributed by atoms with E-state index in [0.29, 0.717) is 21.5 Å². The second-order valence-corrected chi connectivity index (χ2v) is 8.84. The third-order valence-corrected chi connectivity index (χ3v) is 6.27. The van der Waals surface area contributed by atoms with Crippen LogP contribution in [0.1, 0.15) is 23.6 Å². The van der Waals surface area contributed by atoms with E-state index in [4.69, 9.17) is 32.7 Å². The van der Waals surface area contributed by atoms with Gasteiger partial charge >= 0.3 is 0 Å². The highest BCUT2D eigenvalue weighted by atomic mass is 35.5. The van der Waals surface area contributed by atoms with Crippen LogP contribution >= 0.6 is 23.2 Å². The number of hydrogen-bond donors (Lipinski definition) is 1. The van der Waals surface area contributed by atoms with E-state index in [-0.39, 0.29) is 31.3 Å². The van der Waals surface area contributed by atoms with Gasteiger partial charge in [-0.1, -0.05) is 59.6 Å². The van der Waals surface area contributed by atoms with Crippen molar-refractivity contribution in [2.24, 2.45) is 0 Å². The van der Waals surface area contributed by atoms with Crippen molar-refractivity contribution in [3.8, 4) is 11.5 Å². The predicted octanol–water partition coefficient (Wildman–Crippen LogP) is 5.29. The van der Waals surface area contributed by atoms with E-state index in [9.17, 15) is 9.59 Å². The molecule has 184 valence electrons. The third-order valence-electron chi connectivity index (χ3n) is 5.65. The number of nitrogens with zero attached hydrogens (tertiary/aromatic N) is 1. The first-order valence-electron chi connectivity index (χ1n) is 11.1. The fraction of sp³-hybridized carbons (Fsp3) is 0.259. The number of benzene rings is 3. The Morgan fingerprint density at radius 2 is 1.57 bits per heavy atom. The topological polar surface area (TPSA) is 67.9 Å². The van der Waals surface area contributed by atoms with Crippen LogP contribution in [-0.2, 0) is 29.1 Å². The number of ether oxygens (including phenoxy) is 2. The van der Waals surface area contributed by atoms with Gasteiger partial charge in [-0.3, -0.25) is 9.59 Å². The molecule has 3 rings (SSSR count). The van der Waals surface area contributed by atoms with Crippen LogP contribution in [0, 0.1) is 0 Å². The zero-order valence-electron chi connectivity index (χ0n) is 19.9. The van der Waals surface area contributed by atoms with Gasteiger partial charge in [0.15, 0.2) is 11.5 Å². The quantitative estimate of drug-likeness (QED) is 0.399. The van der Waals surface area contributed by atoms with Crippen LogP contribution < -0.4 is 14.8 Å². The van der Waals surface area contributed by atoms with Crippen molar-refractivity contribution < 1.29 is 19.1 Å². The van der Waals surface area contributed by atoms with Crippen molar-refractivity contribution in [2.75, 3.05) is 14.2 Å². The van der Waals surface area contributed by atoms with Crippen LogP contribution in [0.25, 0.3) is 0 Å². The minimum atomic E-state index is -0.721. The first-order chi connectivity index (χ1) is 16.8. The Balaban J connectivity index is 1.79. The van der Waals surface area contributed by atoms with Gasteiger partial charge in [-0.15, -0.1) is 0 Å². The lowest BCUT2D eigenvalue weighted by Crippen LogP contribution is -2.48. The summed E-state index contributed by atoms with van der Waals surface area (Å²) in [5.74, 6) is 0.633. The van der Waals surface area contributed by atoms with Crippen LogP contribution in [0.4, 0.5) is 0 Å². The zero-order chi connectivity index (χ0) is 25.4. The number of carbonyl (C=O) groups is 2. The molecule has 35 heavy (non-hydrogen) atoms. The van der Waals surface area contributed by atoms with E-state index in [1.807, 2.05) is 36.4 Å². The number of hydrogen-bond acceptors (Lipinski definition) is 4. The third kappa shape index (κ3) is 7.13. The smallest absolute Gasteiger partial charge is 0.242 e. The van der Waals surface area contributed by atoms with E-state index in [1.54, 1.807) is 56.4 Å². The minimum absolute atomic E-state index is 0.0933. The predicted molar refractivity (Wildman–Crippen MR) is 138 cm³/mol. The standard InChI is InChI=1S/C27H28Cl2N2O4/c1-18(27(33)30-16-21-6-4-5-7-23(21)29)31(17-19-8-11-22(28)12-9-19)26(32)15-20-10-13-24(34-2)25(14-20)35-3/h4-14,18H,15-17H2,1-3H3,(H,30,33). The Labute approximate surface area is 215 Å². The van der Waals surface area contributed by atoms with Gasteiger partial charge < -0.3 is 19.7 Å². The molecule has 0 aliphatic carbocycles. The number of rotatable bonds is 10. The molecule has 8 heteroatoms. The summed E-state index contributed by atoms with van der Waals surface area (Å²) in [6.45, 7) is 2.23. The molecule has 1 atom stereocenters. The number of nitrogens with one attached hydrogen (secondary N) is 1. The number of halogens is 2. The molecular formula is C27H28Cl2N2O4. The van der Waals surface area contributed by atoms with E-state index >= 15 is 0 Å². The summed E-state index contributed by atoms with van der Waals surface area (Å²) in [6.07, 6.45) is 0.0933. The second kappa shape index (κ2) is 12.5. The molecule has 0 spiro atoms. The molecule has 0 saturated heterocycles. The lowest BCUT2D eigenvalue weighted by Gasteiger charge is -2.29. The maximum Gasteiger partial charge on any atom is 0.242 e. The van der Waals surface area contributed by atoms with Crippen LogP contribution in [0.3, 0.4) is 0 Å². The molecule has 1 unspecified atom stereocenters. The van der Waals surface area contributed by atoms with E-state index < -0.39 is 6.04 Å². The summed E-state index contributed by atoms with van der Waals surface area (Å²) in [6, 6.07) is 19.1. The summed E-state index contributed by atoms with van der Waals surface area (Å²) in [5.41, 5.74) is 2.41. The lowest BCUT2D eigenvalue weighted by atomic mass is 10.1. The van der Waals surface area contributed by atoms with Crippen LogP contribution in [-0.4, -0.2) is 37.0 Å². The Hall–Kier alpha value is -3.22. The van der Waals surface area contributed by atoms with Gasteiger partial charge in [0.2, 0.25) is 11.8 Å². The van der Waals surface area contributed by atoms with Crippen molar-refractivity contribution in [3.05, 3.63) is 93.5 Å². The van der Waals surface area contributed by atoms with Crippen LogP contribution in [0.15, 0.2) is 66.7 Å². The first kappa shape index (κ1) is 26.4. The maximum atomic E-state index is 13.4. The maximum absolute atomic E-state index is 13.4. The Bertz CT molecular complexity index is 1170. The van der Waals surface area contributed by atoms with E-state index in [0.717, 1.165) is 16.7 Å². The molecule has 2 amide bonds. The molecule has 3 aromatic carbocycles. The van der Waals surface area contributed by atoms with Crippen LogP contribution in [0.5, 0.6) is 11.5 Å². The number of amides is 2. The van der Waals surface area contributed by atoms with Gasteiger partial charge in [-0.05, 0) is 53.9 Å². The monoisotopic (exact) mass is 514 g/mol. The summed E-state index contributed by atoms with van der Waals surface area (Å²) < 4.78 is 10.6. The Morgan fingerprint density at radius 3 is 2.23 bits per heavy atom. The van der Waals surface area contributed by atoms with Gasteiger partial charge in [0.25, 0.3) is 0 Å². The molecule has 3 aromatic rings. The van der Waals surface area contributed by atoms with Gasteiger partial charge in [0.1, 0.15) is 6.04 Å². The molecule has 0 fully saturated rings. The van der Waals surface area contributed by atoms with Gasteiger partial charge in [-0.2, -0.15) is 0 Å². The summed E-state index contributed by atoms with van der Waals surface area (Å²) in [4.78, 5) is 28.0. The molecule has 0 heterocycles. The fourth-order valence-electron chi connectivity index (χ4n) is 3.61. The highest BCUT2D eigenvalue weighted by Crippen LogP contribution is 2.28. The molecule has 6 nitrogen and oxygen atoms in total. The molecule has 0 radical (unpaired) electrons. The fourth-order valence-corrected chi connectivity index (χ4v) is 3.94. The summed E-state index contributed by atoms with van der Waals surface area (Å²) in [5, 5.41) is 4.06. The van der Waals surface area contributed by atoms with Crippen molar-refractivity contribution in [3.63, 3.8) is 0 Å². The van der Waals surface area contributed by atoms with Crippen molar-refractivity contribution in [1.29, 1.82) is 0 Å². The SMILES string of the molecule is COc1ccc(CC(=O)N(Cc2ccc(Cl)cc2)C(C)C(=O)NCc2ccccc2Cl)cc1OC. The Morgan fingerprint density at radius 1 is 0.914 bits per heavy atom. The molecule has 0 aliphatic rings. The summed E-state index contributed by atoms with van der Waals surface area (Å²) >= 11 is 12.2. The molecule has 1 N–H and O–H groups in total. The molecule has 0 aliphatic heterocycles. The second-order valence-electron chi connectivity index (χ2n) is 8.00. The van der Waals surface area contributed by atoms with Crippen molar-refractivity contribution >= 4 is 35.0 Å². The average molecular weight is 515 g/mol. The van der Waals surface area contributed by atoms with Gasteiger partial charge in [0, 0.05) is 23.1 Å². The lowest BCUT2D eigenvalue weighted by molar-refractivity contribution is -0.140. The zero-order valence-corrected chi connectivity index (χ0v) is 21.4. The largest absolute Gasteiger partial charge is 0.493 e.